The smallest absolute Gasteiger partial charge is 0.288 e. The van der Waals surface area contributed by atoms with Gasteiger partial charge in [0.15, 0.2) is 5.84 Å². The second kappa shape index (κ2) is 5.32. The van der Waals surface area contributed by atoms with Crippen molar-refractivity contribution in [2.75, 3.05) is 11.4 Å². The monoisotopic (exact) mass is 279 g/mol. The van der Waals surface area contributed by atoms with E-state index in [1.165, 1.54) is 12.3 Å². The number of nitro groups is 1. The van der Waals surface area contributed by atoms with Crippen LogP contribution in [0.15, 0.2) is 17.4 Å². The fraction of sp³-hybridized carbons (Fsp3) is 0.500. The highest BCUT2D eigenvalue weighted by Crippen LogP contribution is 2.31. The van der Waals surface area contributed by atoms with Crippen LogP contribution in [0.4, 0.5) is 11.5 Å². The van der Waals surface area contributed by atoms with Crippen molar-refractivity contribution in [1.82, 2.24) is 4.98 Å². The predicted octanol–water partition coefficient (Wildman–Crippen LogP) is 1.32. The molecule has 0 amide bonds. The molecule has 0 aliphatic carbocycles. The standard InChI is InChI=1S/C12H17N5O3/c1-7-3-8(2)16(6-7)12-10(11(13)15-18)4-9(5-14-12)17(19)20/h4-5,7-8,18H,3,6H2,1-2H3,(H2,13,15). The lowest BCUT2D eigenvalue weighted by Crippen LogP contribution is -2.30. The molecule has 8 nitrogen and oxygen atoms in total. The summed E-state index contributed by atoms with van der Waals surface area (Å²) in [6, 6.07) is 1.54. The van der Waals surface area contributed by atoms with E-state index in [0.717, 1.165) is 13.0 Å². The summed E-state index contributed by atoms with van der Waals surface area (Å²) < 4.78 is 0. The number of aromatic nitrogens is 1. The van der Waals surface area contributed by atoms with E-state index in [1.807, 2.05) is 4.90 Å². The van der Waals surface area contributed by atoms with Gasteiger partial charge in [-0.25, -0.2) is 4.98 Å². The molecule has 0 radical (unpaired) electrons. The van der Waals surface area contributed by atoms with Gasteiger partial charge >= 0.3 is 0 Å². The number of amidine groups is 1. The zero-order valence-corrected chi connectivity index (χ0v) is 11.4. The van der Waals surface area contributed by atoms with Gasteiger partial charge in [-0.05, 0) is 19.3 Å². The maximum Gasteiger partial charge on any atom is 0.288 e. The molecule has 2 rings (SSSR count). The molecule has 0 saturated carbocycles. The fourth-order valence-electron chi connectivity index (χ4n) is 2.61. The van der Waals surface area contributed by atoms with Gasteiger partial charge in [0.1, 0.15) is 12.0 Å². The van der Waals surface area contributed by atoms with Gasteiger partial charge in [0.2, 0.25) is 0 Å². The van der Waals surface area contributed by atoms with Crippen molar-refractivity contribution in [3.05, 3.63) is 27.9 Å². The number of hydrogen-bond acceptors (Lipinski definition) is 6. The van der Waals surface area contributed by atoms with Crippen LogP contribution in [0.5, 0.6) is 0 Å². The highest BCUT2D eigenvalue weighted by atomic mass is 16.6. The summed E-state index contributed by atoms with van der Waals surface area (Å²) >= 11 is 0. The summed E-state index contributed by atoms with van der Waals surface area (Å²) in [6.45, 7) is 4.98. The van der Waals surface area contributed by atoms with Crippen LogP contribution in [0.1, 0.15) is 25.8 Å². The first-order valence-electron chi connectivity index (χ1n) is 6.33. The first-order chi connectivity index (χ1) is 9.43. The summed E-state index contributed by atoms with van der Waals surface area (Å²) in [5.74, 6) is 0.841. The van der Waals surface area contributed by atoms with E-state index in [9.17, 15) is 10.1 Å². The van der Waals surface area contributed by atoms with Gasteiger partial charge in [0.25, 0.3) is 5.69 Å². The van der Waals surface area contributed by atoms with Crippen molar-refractivity contribution >= 4 is 17.3 Å². The lowest BCUT2D eigenvalue weighted by molar-refractivity contribution is -0.385. The molecule has 0 spiro atoms. The molecule has 1 aromatic rings. The quantitative estimate of drug-likeness (QED) is 0.283. The van der Waals surface area contributed by atoms with E-state index in [-0.39, 0.29) is 23.1 Å². The third-order valence-electron chi connectivity index (χ3n) is 3.50. The summed E-state index contributed by atoms with van der Waals surface area (Å²) in [5.41, 5.74) is 5.72. The molecule has 2 atom stereocenters. The maximum atomic E-state index is 10.8. The van der Waals surface area contributed by atoms with Crippen molar-refractivity contribution in [2.45, 2.75) is 26.3 Å². The Morgan fingerprint density at radius 3 is 2.85 bits per heavy atom. The van der Waals surface area contributed by atoms with Gasteiger partial charge < -0.3 is 15.8 Å². The minimum Gasteiger partial charge on any atom is -0.409 e. The van der Waals surface area contributed by atoms with Crippen molar-refractivity contribution in [2.24, 2.45) is 16.8 Å². The van der Waals surface area contributed by atoms with E-state index >= 15 is 0 Å². The lowest BCUT2D eigenvalue weighted by Gasteiger charge is -2.24. The normalized spacial score (nSPS) is 23.1. The van der Waals surface area contributed by atoms with Crippen LogP contribution in [0.2, 0.25) is 0 Å². The Morgan fingerprint density at radius 1 is 1.65 bits per heavy atom. The van der Waals surface area contributed by atoms with Crippen LogP contribution >= 0.6 is 0 Å². The first-order valence-corrected chi connectivity index (χ1v) is 6.33. The minimum absolute atomic E-state index is 0.178. The maximum absolute atomic E-state index is 10.8. The summed E-state index contributed by atoms with van der Waals surface area (Å²) in [7, 11) is 0. The van der Waals surface area contributed by atoms with Crippen LogP contribution in [-0.4, -0.2) is 33.5 Å². The van der Waals surface area contributed by atoms with Crippen molar-refractivity contribution in [3.63, 3.8) is 0 Å². The SMILES string of the molecule is CC1CC(C)N(c2ncc([N+](=O)[O-])cc2C(N)=NO)C1. The molecule has 1 aliphatic heterocycles. The molecule has 108 valence electrons. The Hall–Kier alpha value is -2.38. The molecule has 1 fully saturated rings. The number of pyridine rings is 1. The van der Waals surface area contributed by atoms with Gasteiger partial charge in [-0.3, -0.25) is 10.1 Å². The summed E-state index contributed by atoms with van der Waals surface area (Å²) in [5, 5.41) is 22.6. The van der Waals surface area contributed by atoms with Crippen LogP contribution in [0.25, 0.3) is 0 Å². The molecule has 1 aromatic heterocycles. The van der Waals surface area contributed by atoms with Gasteiger partial charge in [-0.15, -0.1) is 0 Å². The van der Waals surface area contributed by atoms with E-state index in [4.69, 9.17) is 10.9 Å². The van der Waals surface area contributed by atoms with Gasteiger partial charge in [-0.1, -0.05) is 12.1 Å². The number of nitrogens with two attached hydrogens (primary N) is 1. The fourth-order valence-corrected chi connectivity index (χ4v) is 2.61. The average molecular weight is 279 g/mol. The second-order valence-corrected chi connectivity index (χ2v) is 5.15. The second-order valence-electron chi connectivity index (χ2n) is 5.15. The Kier molecular flexibility index (Phi) is 3.73. The Bertz CT molecular complexity index is 560. The average Bonchev–Trinajstić information content (AvgIpc) is 2.75. The molecule has 2 heterocycles. The van der Waals surface area contributed by atoms with Crippen LogP contribution in [-0.2, 0) is 0 Å². The van der Waals surface area contributed by atoms with Crippen molar-refractivity contribution in [1.29, 1.82) is 0 Å². The third kappa shape index (κ3) is 2.49. The van der Waals surface area contributed by atoms with E-state index in [0.29, 0.717) is 11.7 Å². The third-order valence-corrected chi connectivity index (χ3v) is 3.50. The molecule has 8 heteroatoms. The highest BCUT2D eigenvalue weighted by Gasteiger charge is 2.30. The summed E-state index contributed by atoms with van der Waals surface area (Å²) in [4.78, 5) is 16.4. The van der Waals surface area contributed by atoms with Crippen LogP contribution < -0.4 is 10.6 Å². The summed E-state index contributed by atoms with van der Waals surface area (Å²) in [6.07, 6.45) is 2.20. The molecule has 0 bridgehead atoms. The molecule has 20 heavy (non-hydrogen) atoms. The lowest BCUT2D eigenvalue weighted by atomic mass is 10.1. The zero-order chi connectivity index (χ0) is 14.9. The van der Waals surface area contributed by atoms with E-state index < -0.39 is 4.92 Å². The molecule has 1 saturated heterocycles. The highest BCUT2D eigenvalue weighted by molar-refractivity contribution is 6.02. The van der Waals surface area contributed by atoms with Gasteiger partial charge in [-0.2, -0.15) is 0 Å². The first kappa shape index (κ1) is 14.0. The number of nitrogens with zero attached hydrogens (tertiary/aromatic N) is 4. The molecular formula is C12H17N5O3. The van der Waals surface area contributed by atoms with Crippen molar-refractivity contribution < 1.29 is 10.1 Å². The minimum atomic E-state index is -0.555. The Morgan fingerprint density at radius 2 is 2.35 bits per heavy atom. The molecule has 1 aliphatic rings. The molecule has 3 N–H and O–H groups in total. The largest absolute Gasteiger partial charge is 0.409 e. The molecule has 2 unspecified atom stereocenters. The molecule has 0 aromatic carbocycles. The Labute approximate surface area is 116 Å². The topological polar surface area (TPSA) is 118 Å². The van der Waals surface area contributed by atoms with E-state index in [2.05, 4.69) is 24.0 Å². The number of anilines is 1. The zero-order valence-electron chi connectivity index (χ0n) is 11.4. The molecular weight excluding hydrogens is 262 g/mol. The van der Waals surface area contributed by atoms with Gasteiger partial charge in [0.05, 0.1) is 10.5 Å². The Balaban J connectivity index is 2.49. The predicted molar refractivity (Wildman–Crippen MR) is 74.0 cm³/mol. The van der Waals surface area contributed by atoms with Crippen LogP contribution in [0.3, 0.4) is 0 Å². The van der Waals surface area contributed by atoms with Crippen LogP contribution in [0, 0.1) is 16.0 Å². The number of rotatable bonds is 3. The van der Waals surface area contributed by atoms with Gasteiger partial charge in [0, 0.05) is 18.7 Å². The van der Waals surface area contributed by atoms with E-state index in [1.54, 1.807) is 0 Å². The number of hydrogen-bond donors (Lipinski definition) is 2. The number of oxime groups is 1. The van der Waals surface area contributed by atoms with Crippen molar-refractivity contribution in [3.8, 4) is 0 Å².